The van der Waals surface area contributed by atoms with Crippen LogP contribution in [0.25, 0.3) is 11.3 Å². The molecule has 2 aromatic carbocycles. The average Bonchev–Trinajstić information content (AvgIpc) is 3.37. The SMILES string of the molecule is CCCCOc1ccc(C2c3c(-c4ccccc4O)n[nH]c3C(=O)N2CCCO)cc1OC. The number of aliphatic hydroxyl groups is 1. The standard InChI is InChI=1S/C25H29N3O5/c1-3-4-14-33-19-11-10-16(15-20(19)32-2)24-21-22(17-8-5-6-9-18(17)30)26-27-23(21)25(31)28(24)12-7-13-29/h5-6,8-11,15,24,29-30H,3-4,7,12-14H2,1-2H3,(H,26,27). The highest BCUT2D eigenvalue weighted by molar-refractivity contribution is 6.00. The van der Waals surface area contributed by atoms with Gasteiger partial charge in [0, 0.05) is 24.3 Å². The maximum Gasteiger partial charge on any atom is 0.273 e. The summed E-state index contributed by atoms with van der Waals surface area (Å²) in [6.07, 6.45) is 2.42. The number of aromatic nitrogens is 2. The normalized spacial score (nSPS) is 15.1. The van der Waals surface area contributed by atoms with E-state index in [9.17, 15) is 15.0 Å². The third kappa shape index (κ3) is 4.26. The van der Waals surface area contributed by atoms with Crippen LogP contribution in [0.3, 0.4) is 0 Å². The lowest BCUT2D eigenvalue weighted by molar-refractivity contribution is 0.0732. The van der Waals surface area contributed by atoms with E-state index in [1.165, 1.54) is 0 Å². The van der Waals surface area contributed by atoms with Gasteiger partial charge in [-0.2, -0.15) is 5.10 Å². The van der Waals surface area contributed by atoms with Gasteiger partial charge in [0.2, 0.25) is 0 Å². The Labute approximate surface area is 192 Å². The van der Waals surface area contributed by atoms with E-state index in [2.05, 4.69) is 17.1 Å². The van der Waals surface area contributed by atoms with Crippen LogP contribution in [-0.2, 0) is 0 Å². The van der Waals surface area contributed by atoms with Gasteiger partial charge in [-0.25, -0.2) is 0 Å². The van der Waals surface area contributed by atoms with Crippen molar-refractivity contribution in [3.63, 3.8) is 0 Å². The first-order chi connectivity index (χ1) is 16.1. The Morgan fingerprint density at radius 3 is 2.70 bits per heavy atom. The highest BCUT2D eigenvalue weighted by atomic mass is 16.5. The lowest BCUT2D eigenvalue weighted by atomic mass is 9.95. The van der Waals surface area contributed by atoms with Gasteiger partial charge >= 0.3 is 0 Å². The van der Waals surface area contributed by atoms with Gasteiger partial charge in [-0.3, -0.25) is 9.89 Å². The van der Waals surface area contributed by atoms with Crippen LogP contribution >= 0.6 is 0 Å². The summed E-state index contributed by atoms with van der Waals surface area (Å²) in [5, 5.41) is 27.1. The molecule has 0 bridgehead atoms. The lowest BCUT2D eigenvalue weighted by Gasteiger charge is -2.27. The van der Waals surface area contributed by atoms with Crippen molar-refractivity contribution in [2.75, 3.05) is 26.9 Å². The number of H-pyrrole nitrogens is 1. The molecule has 0 saturated carbocycles. The number of benzene rings is 2. The predicted octanol–water partition coefficient (Wildman–Crippen LogP) is 3.90. The van der Waals surface area contributed by atoms with Crippen molar-refractivity contribution < 1.29 is 24.5 Å². The van der Waals surface area contributed by atoms with Crippen LogP contribution in [0.4, 0.5) is 0 Å². The van der Waals surface area contributed by atoms with Crippen LogP contribution in [-0.4, -0.2) is 58.1 Å². The summed E-state index contributed by atoms with van der Waals surface area (Å²) >= 11 is 0. The molecule has 0 aliphatic carbocycles. The number of unbranched alkanes of at least 4 members (excludes halogenated alkanes) is 1. The first-order valence-electron chi connectivity index (χ1n) is 11.2. The van der Waals surface area contributed by atoms with E-state index in [0.717, 1.165) is 18.4 Å². The van der Waals surface area contributed by atoms with Gasteiger partial charge in [-0.05, 0) is 42.7 Å². The molecule has 0 saturated heterocycles. The smallest absolute Gasteiger partial charge is 0.273 e. The zero-order valence-electron chi connectivity index (χ0n) is 18.9. The molecule has 0 fully saturated rings. The zero-order valence-corrected chi connectivity index (χ0v) is 18.9. The largest absolute Gasteiger partial charge is 0.507 e. The summed E-state index contributed by atoms with van der Waals surface area (Å²) in [4.78, 5) is 15.0. The summed E-state index contributed by atoms with van der Waals surface area (Å²) in [5.74, 6) is 1.12. The van der Waals surface area contributed by atoms with E-state index in [4.69, 9.17) is 9.47 Å². The fourth-order valence-corrected chi connectivity index (χ4v) is 4.19. The Balaban J connectivity index is 1.80. The van der Waals surface area contributed by atoms with Crippen molar-refractivity contribution in [1.82, 2.24) is 15.1 Å². The molecule has 174 valence electrons. The van der Waals surface area contributed by atoms with Crippen molar-refractivity contribution in [1.29, 1.82) is 0 Å². The van der Waals surface area contributed by atoms with Crippen LogP contribution < -0.4 is 9.47 Å². The van der Waals surface area contributed by atoms with Gasteiger partial charge < -0.3 is 24.6 Å². The van der Waals surface area contributed by atoms with E-state index >= 15 is 0 Å². The fraction of sp³-hybridized carbons (Fsp3) is 0.360. The number of para-hydroxylation sites is 1. The number of amides is 1. The lowest BCUT2D eigenvalue weighted by Crippen LogP contribution is -2.31. The van der Waals surface area contributed by atoms with Crippen LogP contribution in [0.1, 0.15) is 53.8 Å². The quantitative estimate of drug-likeness (QED) is 0.404. The number of carbonyl (C=O) groups is 1. The number of nitrogens with zero attached hydrogens (tertiary/aromatic N) is 2. The first kappa shape index (κ1) is 22.7. The van der Waals surface area contributed by atoms with Gasteiger partial charge in [-0.1, -0.05) is 31.5 Å². The van der Waals surface area contributed by atoms with Gasteiger partial charge in [0.15, 0.2) is 11.5 Å². The summed E-state index contributed by atoms with van der Waals surface area (Å²) in [6.45, 7) is 3.05. The van der Waals surface area contributed by atoms with Gasteiger partial charge in [0.05, 0.1) is 19.8 Å². The second kappa shape index (κ2) is 9.95. The minimum Gasteiger partial charge on any atom is -0.507 e. The highest BCUT2D eigenvalue weighted by Crippen LogP contribution is 2.45. The monoisotopic (exact) mass is 451 g/mol. The topological polar surface area (TPSA) is 108 Å². The second-order valence-corrected chi connectivity index (χ2v) is 7.97. The minimum absolute atomic E-state index is 0.0253. The Morgan fingerprint density at radius 1 is 1.15 bits per heavy atom. The Kier molecular flexibility index (Phi) is 6.84. The molecule has 3 N–H and O–H groups in total. The molecule has 8 heteroatoms. The molecule has 1 aromatic heterocycles. The number of hydrogen-bond acceptors (Lipinski definition) is 6. The molecule has 1 amide bonds. The van der Waals surface area contributed by atoms with Crippen molar-refractivity contribution >= 4 is 5.91 Å². The van der Waals surface area contributed by atoms with Crippen molar-refractivity contribution in [2.45, 2.75) is 32.2 Å². The number of fused-ring (bicyclic) bond motifs is 1. The number of aliphatic hydroxyl groups excluding tert-OH is 1. The van der Waals surface area contributed by atoms with Crippen molar-refractivity contribution in [3.05, 3.63) is 59.3 Å². The number of rotatable bonds is 10. The third-order valence-corrected chi connectivity index (χ3v) is 5.84. The maximum atomic E-state index is 13.3. The van der Waals surface area contributed by atoms with Crippen molar-refractivity contribution in [2.24, 2.45) is 0 Å². The average molecular weight is 452 g/mol. The van der Waals surface area contributed by atoms with Crippen LogP contribution in [0.5, 0.6) is 17.2 Å². The van der Waals surface area contributed by atoms with E-state index in [1.54, 1.807) is 30.2 Å². The summed E-state index contributed by atoms with van der Waals surface area (Å²) in [6, 6.07) is 12.1. The Hall–Kier alpha value is -3.52. The molecule has 1 aliphatic rings. The first-order valence-corrected chi connectivity index (χ1v) is 11.2. The predicted molar refractivity (Wildman–Crippen MR) is 124 cm³/mol. The number of nitrogens with one attached hydrogen (secondary N) is 1. The summed E-state index contributed by atoms with van der Waals surface area (Å²) in [7, 11) is 1.59. The van der Waals surface area contributed by atoms with E-state index in [1.807, 2.05) is 24.3 Å². The molecule has 0 spiro atoms. The minimum atomic E-state index is -0.453. The van der Waals surface area contributed by atoms with Gasteiger partial charge in [0.1, 0.15) is 17.1 Å². The van der Waals surface area contributed by atoms with Gasteiger partial charge in [0.25, 0.3) is 5.91 Å². The highest BCUT2D eigenvalue weighted by Gasteiger charge is 2.42. The summed E-state index contributed by atoms with van der Waals surface area (Å²) < 4.78 is 11.5. The second-order valence-electron chi connectivity index (χ2n) is 7.97. The molecule has 1 unspecified atom stereocenters. The molecular formula is C25H29N3O5. The van der Waals surface area contributed by atoms with Crippen LogP contribution in [0.15, 0.2) is 42.5 Å². The third-order valence-electron chi connectivity index (χ3n) is 5.84. The van der Waals surface area contributed by atoms with E-state index < -0.39 is 6.04 Å². The molecule has 8 nitrogen and oxygen atoms in total. The molecular weight excluding hydrogens is 422 g/mol. The van der Waals surface area contributed by atoms with E-state index in [-0.39, 0.29) is 18.3 Å². The number of aromatic hydroxyl groups is 1. The van der Waals surface area contributed by atoms with E-state index in [0.29, 0.717) is 53.6 Å². The fourth-order valence-electron chi connectivity index (χ4n) is 4.19. The molecule has 33 heavy (non-hydrogen) atoms. The Bertz CT molecular complexity index is 1130. The molecule has 3 aromatic rings. The Morgan fingerprint density at radius 2 is 1.97 bits per heavy atom. The van der Waals surface area contributed by atoms with Crippen LogP contribution in [0, 0.1) is 0 Å². The number of methoxy groups -OCH3 is 1. The molecule has 1 atom stereocenters. The van der Waals surface area contributed by atoms with Crippen molar-refractivity contribution in [3.8, 4) is 28.5 Å². The number of phenolic OH excluding ortho intramolecular Hbond substituents is 1. The number of phenols is 1. The number of carbonyl (C=O) groups excluding carboxylic acids is 1. The maximum absolute atomic E-state index is 13.3. The van der Waals surface area contributed by atoms with Gasteiger partial charge in [-0.15, -0.1) is 0 Å². The zero-order chi connectivity index (χ0) is 23.4. The molecule has 2 heterocycles. The summed E-state index contributed by atoms with van der Waals surface area (Å²) in [5.41, 5.74) is 2.98. The molecule has 4 rings (SSSR count). The number of hydrogen-bond donors (Lipinski definition) is 3. The van der Waals surface area contributed by atoms with Crippen LogP contribution in [0.2, 0.25) is 0 Å². The number of aromatic amines is 1. The molecule has 0 radical (unpaired) electrons. The number of ether oxygens (including phenoxy) is 2. The molecule has 1 aliphatic heterocycles.